The van der Waals surface area contributed by atoms with E-state index in [2.05, 4.69) is 4.98 Å². The van der Waals surface area contributed by atoms with Crippen molar-refractivity contribution >= 4 is 5.69 Å². The van der Waals surface area contributed by atoms with E-state index in [0.29, 0.717) is 17.9 Å². The van der Waals surface area contributed by atoms with E-state index in [1.54, 1.807) is 29.1 Å². The molecule has 0 fully saturated rings. The summed E-state index contributed by atoms with van der Waals surface area (Å²) in [6.07, 6.45) is 4.03. The normalized spacial score (nSPS) is 10.3. The molecule has 1 aromatic carbocycles. The van der Waals surface area contributed by atoms with E-state index < -0.39 is 4.92 Å². The van der Waals surface area contributed by atoms with Crippen LogP contribution in [-0.4, -0.2) is 21.6 Å². The second-order valence-corrected chi connectivity index (χ2v) is 3.68. The zero-order valence-electron chi connectivity index (χ0n) is 10.2. The van der Waals surface area contributed by atoms with Crippen LogP contribution in [0.2, 0.25) is 0 Å². The van der Waals surface area contributed by atoms with Crippen molar-refractivity contribution in [2.24, 2.45) is 0 Å². The molecule has 0 saturated carbocycles. The number of rotatable bonds is 4. The highest BCUT2D eigenvalue weighted by Gasteiger charge is 2.17. The van der Waals surface area contributed by atoms with E-state index in [9.17, 15) is 10.1 Å². The highest BCUT2D eigenvalue weighted by Crippen LogP contribution is 2.28. The van der Waals surface area contributed by atoms with Crippen LogP contribution in [0.4, 0.5) is 5.69 Å². The molecule has 6 heteroatoms. The fourth-order valence-electron chi connectivity index (χ4n) is 1.79. The number of nitro groups is 1. The zero-order chi connectivity index (χ0) is 13.1. The molecule has 0 amide bonds. The van der Waals surface area contributed by atoms with Crippen molar-refractivity contribution in [3.05, 3.63) is 46.5 Å². The first-order chi connectivity index (χ1) is 8.67. The van der Waals surface area contributed by atoms with Crippen molar-refractivity contribution in [2.75, 3.05) is 7.11 Å². The zero-order valence-corrected chi connectivity index (χ0v) is 10.2. The number of methoxy groups -OCH3 is 1. The number of aromatic nitrogens is 2. The molecule has 0 aliphatic rings. The van der Waals surface area contributed by atoms with Crippen LogP contribution < -0.4 is 4.74 Å². The average Bonchev–Trinajstić information content (AvgIpc) is 2.85. The highest BCUT2D eigenvalue weighted by molar-refractivity contribution is 5.56. The quantitative estimate of drug-likeness (QED) is 0.614. The number of imidazole rings is 1. The van der Waals surface area contributed by atoms with E-state index >= 15 is 0 Å². The predicted molar refractivity (Wildman–Crippen MR) is 66.1 cm³/mol. The Morgan fingerprint density at radius 1 is 1.50 bits per heavy atom. The van der Waals surface area contributed by atoms with Gasteiger partial charge in [0.15, 0.2) is 0 Å². The Bertz CT molecular complexity index is 578. The number of nitrogens with zero attached hydrogens (tertiary/aromatic N) is 3. The maximum Gasteiger partial charge on any atom is 0.293 e. The summed E-state index contributed by atoms with van der Waals surface area (Å²) in [7, 11) is 1.53. The molecule has 0 saturated heterocycles. The molecule has 0 aliphatic carbocycles. The van der Waals surface area contributed by atoms with Gasteiger partial charge in [0.1, 0.15) is 17.3 Å². The SMILES string of the molecule is CCc1nccn1-c1cc(OC)ccc1[N+](=O)[O-]. The van der Waals surface area contributed by atoms with E-state index in [1.807, 2.05) is 6.92 Å². The second kappa shape index (κ2) is 4.87. The van der Waals surface area contributed by atoms with Gasteiger partial charge in [-0.3, -0.25) is 14.7 Å². The van der Waals surface area contributed by atoms with Gasteiger partial charge >= 0.3 is 0 Å². The van der Waals surface area contributed by atoms with Crippen molar-refractivity contribution in [2.45, 2.75) is 13.3 Å². The minimum Gasteiger partial charge on any atom is -0.497 e. The lowest BCUT2D eigenvalue weighted by Crippen LogP contribution is -2.03. The number of hydrogen-bond acceptors (Lipinski definition) is 4. The molecule has 0 N–H and O–H groups in total. The Labute approximate surface area is 104 Å². The van der Waals surface area contributed by atoms with Gasteiger partial charge < -0.3 is 4.74 Å². The van der Waals surface area contributed by atoms with Crippen molar-refractivity contribution < 1.29 is 9.66 Å². The van der Waals surface area contributed by atoms with Crippen molar-refractivity contribution in [3.8, 4) is 11.4 Å². The van der Waals surface area contributed by atoms with Crippen LogP contribution in [0.25, 0.3) is 5.69 Å². The van der Waals surface area contributed by atoms with Crippen molar-refractivity contribution in [3.63, 3.8) is 0 Å². The number of nitro benzene ring substituents is 1. The number of benzene rings is 1. The Hall–Kier alpha value is -2.37. The van der Waals surface area contributed by atoms with Gasteiger partial charge in [-0.1, -0.05) is 6.92 Å². The third-order valence-electron chi connectivity index (χ3n) is 2.67. The molecule has 18 heavy (non-hydrogen) atoms. The summed E-state index contributed by atoms with van der Waals surface area (Å²) >= 11 is 0. The molecule has 1 aromatic heterocycles. The van der Waals surface area contributed by atoms with E-state index in [4.69, 9.17) is 4.74 Å². The number of hydrogen-bond donors (Lipinski definition) is 0. The number of aryl methyl sites for hydroxylation is 1. The smallest absolute Gasteiger partial charge is 0.293 e. The maximum absolute atomic E-state index is 11.0. The van der Waals surface area contributed by atoms with Crippen LogP contribution in [-0.2, 0) is 6.42 Å². The Morgan fingerprint density at radius 3 is 2.89 bits per heavy atom. The van der Waals surface area contributed by atoms with Gasteiger partial charge in [0, 0.05) is 30.9 Å². The largest absolute Gasteiger partial charge is 0.497 e. The molecular weight excluding hydrogens is 234 g/mol. The van der Waals surface area contributed by atoms with Gasteiger partial charge in [0.05, 0.1) is 12.0 Å². The maximum atomic E-state index is 11.0. The summed E-state index contributed by atoms with van der Waals surface area (Å²) in [5.74, 6) is 1.35. The second-order valence-electron chi connectivity index (χ2n) is 3.68. The first kappa shape index (κ1) is 12.1. The molecule has 0 spiro atoms. The first-order valence-corrected chi connectivity index (χ1v) is 5.52. The van der Waals surface area contributed by atoms with Gasteiger partial charge in [0.25, 0.3) is 5.69 Å². The lowest BCUT2D eigenvalue weighted by Gasteiger charge is -2.09. The molecule has 0 bridgehead atoms. The minimum atomic E-state index is -0.409. The molecule has 0 unspecified atom stereocenters. The van der Waals surface area contributed by atoms with Gasteiger partial charge in [-0.05, 0) is 6.07 Å². The van der Waals surface area contributed by atoms with Crippen LogP contribution >= 0.6 is 0 Å². The summed E-state index contributed by atoms with van der Waals surface area (Å²) in [4.78, 5) is 14.8. The molecule has 2 rings (SSSR count). The van der Waals surface area contributed by atoms with E-state index in [0.717, 1.165) is 5.82 Å². The van der Waals surface area contributed by atoms with Crippen molar-refractivity contribution in [1.29, 1.82) is 0 Å². The average molecular weight is 247 g/mol. The molecule has 2 aromatic rings. The Morgan fingerprint density at radius 2 is 2.28 bits per heavy atom. The van der Waals surface area contributed by atoms with Crippen LogP contribution in [0, 0.1) is 10.1 Å². The minimum absolute atomic E-state index is 0.0310. The highest BCUT2D eigenvalue weighted by atomic mass is 16.6. The third-order valence-corrected chi connectivity index (χ3v) is 2.67. The molecule has 1 heterocycles. The fraction of sp³-hybridized carbons (Fsp3) is 0.250. The van der Waals surface area contributed by atoms with Crippen molar-refractivity contribution in [1.82, 2.24) is 9.55 Å². The molecular formula is C12H13N3O3. The number of ether oxygens (including phenoxy) is 1. The van der Waals surface area contributed by atoms with Gasteiger partial charge in [0.2, 0.25) is 0 Å². The summed E-state index contributed by atoms with van der Waals surface area (Å²) in [5, 5.41) is 11.0. The molecule has 0 aliphatic heterocycles. The van der Waals surface area contributed by atoms with Crippen LogP contribution in [0.3, 0.4) is 0 Å². The lowest BCUT2D eigenvalue weighted by atomic mass is 10.2. The topological polar surface area (TPSA) is 70.2 Å². The van der Waals surface area contributed by atoms with Crippen LogP contribution in [0.1, 0.15) is 12.7 Å². The Balaban J connectivity index is 2.63. The summed E-state index contributed by atoms with van der Waals surface area (Å²) < 4.78 is 6.81. The molecule has 94 valence electrons. The molecule has 0 radical (unpaired) electrons. The lowest BCUT2D eigenvalue weighted by molar-refractivity contribution is -0.384. The third kappa shape index (κ3) is 2.04. The van der Waals surface area contributed by atoms with Gasteiger partial charge in [-0.2, -0.15) is 0 Å². The van der Waals surface area contributed by atoms with Gasteiger partial charge in [-0.15, -0.1) is 0 Å². The molecule has 6 nitrogen and oxygen atoms in total. The predicted octanol–water partition coefficient (Wildman–Crippen LogP) is 2.35. The first-order valence-electron chi connectivity index (χ1n) is 5.52. The monoisotopic (exact) mass is 247 g/mol. The summed E-state index contributed by atoms with van der Waals surface area (Å²) in [6, 6.07) is 4.65. The van der Waals surface area contributed by atoms with E-state index in [-0.39, 0.29) is 5.69 Å². The van der Waals surface area contributed by atoms with E-state index in [1.165, 1.54) is 13.2 Å². The standard InChI is InChI=1S/C12H13N3O3/c1-3-12-13-6-7-14(12)11-8-9(18-2)4-5-10(11)15(16)17/h4-8H,3H2,1-2H3. The van der Waals surface area contributed by atoms with Gasteiger partial charge in [-0.25, -0.2) is 4.98 Å². The summed E-state index contributed by atoms with van der Waals surface area (Å²) in [6.45, 7) is 1.95. The summed E-state index contributed by atoms with van der Waals surface area (Å²) in [5.41, 5.74) is 0.497. The fourth-order valence-corrected chi connectivity index (χ4v) is 1.79. The Kier molecular flexibility index (Phi) is 3.27. The van der Waals surface area contributed by atoms with Crippen LogP contribution in [0.5, 0.6) is 5.75 Å². The van der Waals surface area contributed by atoms with Crippen LogP contribution in [0.15, 0.2) is 30.6 Å². The molecule has 0 atom stereocenters.